The second-order valence-corrected chi connectivity index (χ2v) is 7.21. The number of hydrogen-bond acceptors (Lipinski definition) is 2. The topological polar surface area (TPSA) is 40.5 Å². The number of likely N-dealkylation sites (tertiary alicyclic amines) is 1. The Labute approximate surface area is 115 Å². The van der Waals surface area contributed by atoms with E-state index < -0.39 is 0 Å². The van der Waals surface area contributed by atoms with Crippen molar-refractivity contribution in [2.45, 2.75) is 51.0 Å². The van der Waals surface area contributed by atoms with Crippen molar-refractivity contribution in [3.8, 4) is 0 Å². The van der Waals surface area contributed by atoms with Crippen LogP contribution in [0.15, 0.2) is 0 Å². The van der Waals surface area contributed by atoms with Crippen LogP contribution in [0.2, 0.25) is 0 Å². The number of carbonyl (C=O) groups excluding carboxylic acids is 1. The fraction of sp³-hybridized carbons (Fsp3) is 0.938. The van der Waals surface area contributed by atoms with Gasteiger partial charge in [-0.2, -0.15) is 0 Å². The number of fused-ring (bicyclic) bond motifs is 5. The zero-order valence-corrected chi connectivity index (χ0v) is 11.6. The molecule has 1 N–H and O–H groups in total. The predicted molar refractivity (Wildman–Crippen MR) is 72.4 cm³/mol. The van der Waals surface area contributed by atoms with Gasteiger partial charge in [0.1, 0.15) is 0 Å². The lowest BCUT2D eigenvalue weighted by Crippen LogP contribution is -2.45. The van der Waals surface area contributed by atoms with Crippen LogP contribution < -0.4 is 0 Å². The predicted octanol–water partition coefficient (Wildman–Crippen LogP) is 2.04. The Hall–Kier alpha value is -0.570. The van der Waals surface area contributed by atoms with E-state index in [4.69, 9.17) is 0 Å². The van der Waals surface area contributed by atoms with Gasteiger partial charge in [-0.25, -0.2) is 0 Å². The van der Waals surface area contributed by atoms with E-state index in [1.807, 2.05) is 0 Å². The van der Waals surface area contributed by atoms with Gasteiger partial charge in [0.25, 0.3) is 0 Å². The van der Waals surface area contributed by atoms with Gasteiger partial charge in [0.15, 0.2) is 0 Å². The minimum atomic E-state index is 0.219. The van der Waals surface area contributed by atoms with Crippen LogP contribution >= 0.6 is 0 Å². The van der Waals surface area contributed by atoms with Crippen molar-refractivity contribution in [2.24, 2.45) is 29.6 Å². The minimum absolute atomic E-state index is 0.219. The Bertz CT molecular complexity index is 365. The van der Waals surface area contributed by atoms with Gasteiger partial charge < -0.3 is 10.0 Å². The molecule has 2 bridgehead atoms. The molecule has 3 saturated carbocycles. The molecule has 0 aromatic carbocycles. The van der Waals surface area contributed by atoms with Crippen molar-refractivity contribution < 1.29 is 9.90 Å². The number of amides is 1. The second kappa shape index (κ2) is 4.47. The van der Waals surface area contributed by atoms with Crippen molar-refractivity contribution in [1.29, 1.82) is 0 Å². The summed E-state index contributed by atoms with van der Waals surface area (Å²) in [5.41, 5.74) is 0. The highest BCUT2D eigenvalue weighted by Gasteiger charge is 2.68. The van der Waals surface area contributed by atoms with E-state index in [1.165, 1.54) is 25.7 Å². The molecule has 0 spiro atoms. The van der Waals surface area contributed by atoms with E-state index in [9.17, 15) is 9.90 Å². The maximum Gasteiger partial charge on any atom is 0.226 e. The van der Waals surface area contributed by atoms with Gasteiger partial charge in [0, 0.05) is 25.1 Å². The van der Waals surface area contributed by atoms with E-state index in [-0.39, 0.29) is 6.61 Å². The number of aliphatic hydroxyl groups is 1. The maximum absolute atomic E-state index is 12.8. The Morgan fingerprint density at radius 2 is 1.84 bits per heavy atom. The minimum Gasteiger partial charge on any atom is -0.396 e. The van der Waals surface area contributed by atoms with E-state index >= 15 is 0 Å². The van der Waals surface area contributed by atoms with Crippen LogP contribution in [0.5, 0.6) is 0 Å². The number of piperidine rings is 1. The number of aliphatic hydroxyl groups excluding tert-OH is 1. The Balaban J connectivity index is 1.45. The van der Waals surface area contributed by atoms with E-state index in [2.05, 4.69) is 4.90 Å². The molecule has 0 aromatic heterocycles. The lowest BCUT2D eigenvalue weighted by molar-refractivity contribution is -0.137. The smallest absolute Gasteiger partial charge is 0.226 e. The summed E-state index contributed by atoms with van der Waals surface area (Å²) < 4.78 is 0. The van der Waals surface area contributed by atoms with Crippen LogP contribution in [0.3, 0.4) is 0 Å². The molecule has 4 rings (SSSR count). The van der Waals surface area contributed by atoms with Crippen molar-refractivity contribution in [2.75, 3.05) is 13.2 Å². The molecular weight excluding hydrogens is 238 g/mol. The van der Waals surface area contributed by atoms with E-state index in [1.54, 1.807) is 0 Å². The van der Waals surface area contributed by atoms with Crippen LogP contribution in [0.1, 0.15) is 44.9 Å². The lowest BCUT2D eigenvalue weighted by Gasteiger charge is -2.36. The van der Waals surface area contributed by atoms with Crippen molar-refractivity contribution in [1.82, 2.24) is 4.90 Å². The Morgan fingerprint density at radius 1 is 1.11 bits per heavy atom. The van der Waals surface area contributed by atoms with Gasteiger partial charge in [0.05, 0.1) is 0 Å². The average Bonchev–Trinajstić information content (AvgIpc) is 2.87. The van der Waals surface area contributed by atoms with E-state index in [0.29, 0.717) is 17.9 Å². The average molecular weight is 263 g/mol. The first-order chi connectivity index (χ1) is 9.31. The summed E-state index contributed by atoms with van der Waals surface area (Å²) in [4.78, 5) is 15.0. The van der Waals surface area contributed by atoms with Gasteiger partial charge in [0.2, 0.25) is 5.91 Å². The van der Waals surface area contributed by atoms with Gasteiger partial charge in [-0.15, -0.1) is 0 Å². The van der Waals surface area contributed by atoms with E-state index in [0.717, 1.165) is 49.5 Å². The molecule has 1 amide bonds. The highest BCUT2D eigenvalue weighted by molar-refractivity contribution is 5.83. The molecule has 3 aliphatic carbocycles. The molecule has 1 aliphatic heterocycles. The quantitative estimate of drug-likeness (QED) is 0.846. The molecule has 1 saturated heterocycles. The monoisotopic (exact) mass is 263 g/mol. The second-order valence-electron chi connectivity index (χ2n) is 7.21. The van der Waals surface area contributed by atoms with Gasteiger partial charge in [-0.05, 0) is 68.6 Å². The van der Waals surface area contributed by atoms with Gasteiger partial charge in [-0.3, -0.25) is 4.79 Å². The molecule has 0 aromatic rings. The first-order valence-corrected chi connectivity index (χ1v) is 8.22. The number of nitrogens with zero attached hydrogens (tertiary/aromatic N) is 1. The van der Waals surface area contributed by atoms with Crippen molar-refractivity contribution >= 4 is 5.91 Å². The molecule has 0 radical (unpaired) electrons. The summed E-state index contributed by atoms with van der Waals surface area (Å²) in [5.74, 6) is 4.09. The number of hydrogen-bond donors (Lipinski definition) is 1. The summed E-state index contributed by atoms with van der Waals surface area (Å²) in [6.45, 7) is 1.16. The lowest BCUT2D eigenvalue weighted by atomic mass is 9.96. The third-order valence-corrected chi connectivity index (χ3v) is 6.39. The van der Waals surface area contributed by atoms with Crippen LogP contribution in [-0.2, 0) is 4.79 Å². The van der Waals surface area contributed by atoms with Crippen LogP contribution in [0.4, 0.5) is 0 Å². The normalized spacial score (nSPS) is 47.3. The largest absolute Gasteiger partial charge is 0.396 e. The summed E-state index contributed by atoms with van der Waals surface area (Å²) in [7, 11) is 0. The maximum atomic E-state index is 12.8. The summed E-state index contributed by atoms with van der Waals surface area (Å²) >= 11 is 0. The number of rotatable bonds is 3. The van der Waals surface area contributed by atoms with Gasteiger partial charge >= 0.3 is 0 Å². The Morgan fingerprint density at radius 3 is 2.53 bits per heavy atom. The summed E-state index contributed by atoms with van der Waals surface area (Å²) in [6, 6.07) is 0.324. The summed E-state index contributed by atoms with van der Waals surface area (Å²) in [5, 5.41) is 9.19. The standard InChI is InChI=1S/C16H25NO2/c18-8-6-12-3-1-2-7-17(12)16(19)15-13-10-4-5-11(9-10)14(13)15/h10-15,18H,1-9H2. The van der Waals surface area contributed by atoms with Crippen LogP contribution in [-0.4, -0.2) is 35.1 Å². The number of carbonyl (C=O) groups is 1. The molecule has 5 unspecified atom stereocenters. The Kier molecular flexibility index (Phi) is 2.87. The van der Waals surface area contributed by atoms with Crippen LogP contribution in [0.25, 0.3) is 0 Å². The molecule has 1 heterocycles. The third kappa shape index (κ3) is 1.77. The zero-order chi connectivity index (χ0) is 13.0. The molecule has 19 heavy (non-hydrogen) atoms. The first kappa shape index (κ1) is 12.2. The molecule has 3 heteroatoms. The van der Waals surface area contributed by atoms with Gasteiger partial charge in [-0.1, -0.05) is 0 Å². The molecule has 106 valence electrons. The highest BCUT2D eigenvalue weighted by Crippen LogP contribution is 2.69. The first-order valence-electron chi connectivity index (χ1n) is 8.22. The fourth-order valence-electron chi connectivity index (χ4n) is 5.59. The fourth-order valence-corrected chi connectivity index (χ4v) is 5.59. The SMILES string of the molecule is O=C(C1C2C3CCC(C3)C12)N1CCCCC1CCO. The zero-order valence-electron chi connectivity index (χ0n) is 11.6. The molecule has 4 aliphatic rings. The molecular formula is C16H25NO2. The summed E-state index contributed by atoms with van der Waals surface area (Å²) in [6.07, 6.45) is 8.44. The molecule has 3 nitrogen and oxygen atoms in total. The van der Waals surface area contributed by atoms with Crippen molar-refractivity contribution in [3.63, 3.8) is 0 Å². The third-order valence-electron chi connectivity index (χ3n) is 6.39. The highest BCUT2D eigenvalue weighted by atomic mass is 16.3. The van der Waals surface area contributed by atoms with Crippen LogP contribution in [0, 0.1) is 29.6 Å². The van der Waals surface area contributed by atoms with Crippen molar-refractivity contribution in [3.05, 3.63) is 0 Å². The molecule has 5 atom stereocenters. The molecule has 4 fully saturated rings.